The Morgan fingerprint density at radius 1 is 0.926 bits per heavy atom. The number of unbranched alkanes of at least 4 members (excludes halogenated alkanes) is 5. The lowest BCUT2D eigenvalue weighted by atomic mass is 10.1. The molecule has 0 atom stereocenters. The van der Waals surface area contributed by atoms with Gasteiger partial charge in [-0.1, -0.05) is 80.4 Å². The average molecular weight is 431 g/mol. The second-order valence-corrected chi connectivity index (χ2v) is 7.46. The van der Waals surface area contributed by atoms with Gasteiger partial charge in [-0.3, -0.25) is 0 Å². The van der Waals surface area contributed by atoms with Gasteiger partial charge in [0.1, 0.15) is 12.4 Å². The molecular weight excluding hydrogens is 401 g/mol. The molecule has 0 aliphatic rings. The van der Waals surface area contributed by atoms with Gasteiger partial charge in [0.15, 0.2) is 0 Å². The number of benzene rings is 2. The van der Waals surface area contributed by atoms with Crippen LogP contribution in [0.5, 0.6) is 5.75 Å². The summed E-state index contributed by atoms with van der Waals surface area (Å²) in [6.07, 6.45) is 7.95. The first kappa shape index (κ1) is 24.1. The molecule has 0 amide bonds. The minimum absolute atomic E-state index is 0. The van der Waals surface area contributed by atoms with Gasteiger partial charge in [0, 0.05) is 22.2 Å². The number of hydrogen-bond donors (Lipinski definition) is 1. The molecule has 150 valence electrons. The van der Waals surface area contributed by atoms with Crippen molar-refractivity contribution in [3.8, 4) is 5.75 Å². The quantitative estimate of drug-likeness (QED) is 0.353. The summed E-state index contributed by atoms with van der Waals surface area (Å²) < 4.78 is 5.88. The Morgan fingerprint density at radius 2 is 1.70 bits per heavy atom. The van der Waals surface area contributed by atoms with E-state index in [1.807, 2.05) is 24.3 Å². The monoisotopic (exact) mass is 429 g/mol. The summed E-state index contributed by atoms with van der Waals surface area (Å²) in [5.41, 5.74) is 2.17. The highest BCUT2D eigenvalue weighted by molar-refractivity contribution is 6.35. The maximum Gasteiger partial charge on any atom is 0.120 e. The van der Waals surface area contributed by atoms with Gasteiger partial charge in [-0.2, -0.15) is 0 Å². The zero-order valence-corrected chi connectivity index (χ0v) is 18.3. The first-order chi connectivity index (χ1) is 12.7. The molecular formula is C22H30Cl3NO. The molecule has 0 unspecified atom stereocenters. The van der Waals surface area contributed by atoms with Crippen LogP contribution >= 0.6 is 35.6 Å². The average Bonchev–Trinajstić information content (AvgIpc) is 2.63. The van der Waals surface area contributed by atoms with Crippen LogP contribution in [-0.4, -0.2) is 6.54 Å². The van der Waals surface area contributed by atoms with Crippen molar-refractivity contribution in [3.63, 3.8) is 0 Å². The molecule has 0 aromatic heterocycles. The minimum Gasteiger partial charge on any atom is -0.489 e. The van der Waals surface area contributed by atoms with Crippen molar-refractivity contribution in [2.45, 2.75) is 58.6 Å². The Bertz CT molecular complexity index is 664. The molecule has 27 heavy (non-hydrogen) atoms. The van der Waals surface area contributed by atoms with Crippen LogP contribution in [0.15, 0.2) is 42.5 Å². The lowest BCUT2D eigenvalue weighted by Crippen LogP contribution is -2.14. The molecule has 1 N–H and O–H groups in total. The van der Waals surface area contributed by atoms with E-state index >= 15 is 0 Å². The summed E-state index contributed by atoms with van der Waals surface area (Å²) in [5, 5.41) is 4.79. The van der Waals surface area contributed by atoms with Crippen LogP contribution < -0.4 is 10.1 Å². The second kappa shape index (κ2) is 14.1. The van der Waals surface area contributed by atoms with Crippen molar-refractivity contribution in [2.75, 3.05) is 6.54 Å². The third-order valence-electron chi connectivity index (χ3n) is 4.34. The molecule has 2 aromatic carbocycles. The summed E-state index contributed by atoms with van der Waals surface area (Å²) in [4.78, 5) is 0. The molecule has 0 bridgehead atoms. The molecule has 0 fully saturated rings. The van der Waals surface area contributed by atoms with Crippen LogP contribution in [0, 0.1) is 0 Å². The van der Waals surface area contributed by atoms with Crippen LogP contribution in [0.25, 0.3) is 0 Å². The largest absolute Gasteiger partial charge is 0.489 e. The number of hydrogen-bond acceptors (Lipinski definition) is 2. The second-order valence-electron chi connectivity index (χ2n) is 6.62. The van der Waals surface area contributed by atoms with Crippen molar-refractivity contribution in [2.24, 2.45) is 0 Å². The number of halogens is 3. The highest BCUT2D eigenvalue weighted by atomic mass is 35.5. The molecule has 0 radical (unpaired) electrons. The molecule has 0 heterocycles. The van der Waals surface area contributed by atoms with Crippen molar-refractivity contribution in [1.29, 1.82) is 0 Å². The molecule has 2 nitrogen and oxygen atoms in total. The SMILES string of the molecule is CCCCCCCCNCc1cccc(OCc2ccc(Cl)cc2Cl)c1.Cl. The molecule has 5 heteroatoms. The van der Waals surface area contributed by atoms with Gasteiger partial charge in [-0.15, -0.1) is 12.4 Å². The van der Waals surface area contributed by atoms with Gasteiger partial charge < -0.3 is 10.1 Å². The molecule has 2 aromatic rings. The predicted octanol–water partition coefficient (Wildman–Crippen LogP) is 7.44. The van der Waals surface area contributed by atoms with E-state index in [4.69, 9.17) is 27.9 Å². The van der Waals surface area contributed by atoms with Crippen LogP contribution in [0.4, 0.5) is 0 Å². The Labute approximate surface area is 180 Å². The fourth-order valence-electron chi connectivity index (χ4n) is 2.81. The van der Waals surface area contributed by atoms with E-state index in [1.165, 1.54) is 44.1 Å². The molecule has 2 rings (SSSR count). The zero-order valence-electron chi connectivity index (χ0n) is 16.0. The maximum atomic E-state index is 6.19. The Kier molecular flexibility index (Phi) is 12.6. The molecule has 0 saturated carbocycles. The highest BCUT2D eigenvalue weighted by Gasteiger charge is 2.03. The Hall–Kier alpha value is -0.930. The van der Waals surface area contributed by atoms with Gasteiger partial charge in [0.2, 0.25) is 0 Å². The number of nitrogens with one attached hydrogen (secondary N) is 1. The van der Waals surface area contributed by atoms with E-state index in [1.54, 1.807) is 6.07 Å². The molecule has 0 spiro atoms. The van der Waals surface area contributed by atoms with E-state index in [0.717, 1.165) is 24.4 Å². The summed E-state index contributed by atoms with van der Waals surface area (Å²) in [6, 6.07) is 13.7. The standard InChI is InChI=1S/C22H29Cl2NO.ClH/c1-2-3-4-5-6-7-13-25-16-18-9-8-10-21(14-18)26-17-19-11-12-20(23)15-22(19)24;/h8-12,14-15,25H,2-7,13,16-17H2,1H3;1H. The number of ether oxygens (including phenoxy) is 1. The lowest BCUT2D eigenvalue weighted by Gasteiger charge is -2.10. The van der Waals surface area contributed by atoms with Gasteiger partial charge in [0.05, 0.1) is 0 Å². The zero-order chi connectivity index (χ0) is 18.6. The van der Waals surface area contributed by atoms with Gasteiger partial charge in [0.25, 0.3) is 0 Å². The van der Waals surface area contributed by atoms with Crippen molar-refractivity contribution >= 4 is 35.6 Å². The van der Waals surface area contributed by atoms with Gasteiger partial charge in [-0.25, -0.2) is 0 Å². The van der Waals surface area contributed by atoms with Crippen molar-refractivity contribution in [3.05, 3.63) is 63.6 Å². The molecule has 0 aliphatic carbocycles. The summed E-state index contributed by atoms with van der Waals surface area (Å²) >= 11 is 12.1. The normalized spacial score (nSPS) is 10.5. The van der Waals surface area contributed by atoms with Crippen LogP contribution in [0.3, 0.4) is 0 Å². The smallest absolute Gasteiger partial charge is 0.120 e. The highest BCUT2D eigenvalue weighted by Crippen LogP contribution is 2.23. The van der Waals surface area contributed by atoms with E-state index in [9.17, 15) is 0 Å². The molecule has 0 aliphatic heterocycles. The van der Waals surface area contributed by atoms with Crippen LogP contribution in [-0.2, 0) is 13.2 Å². The Balaban J connectivity index is 0.00000364. The first-order valence-electron chi connectivity index (χ1n) is 9.55. The van der Waals surface area contributed by atoms with Crippen molar-refractivity contribution < 1.29 is 4.74 Å². The predicted molar refractivity (Wildman–Crippen MR) is 120 cm³/mol. The van der Waals surface area contributed by atoms with Crippen molar-refractivity contribution in [1.82, 2.24) is 5.32 Å². The van der Waals surface area contributed by atoms with Gasteiger partial charge >= 0.3 is 0 Å². The van der Waals surface area contributed by atoms with Crippen LogP contribution in [0.1, 0.15) is 56.6 Å². The summed E-state index contributed by atoms with van der Waals surface area (Å²) in [6.45, 7) is 4.62. The topological polar surface area (TPSA) is 21.3 Å². The fraction of sp³-hybridized carbons (Fsp3) is 0.455. The third-order valence-corrected chi connectivity index (χ3v) is 4.93. The van der Waals surface area contributed by atoms with Gasteiger partial charge in [-0.05, 0) is 42.8 Å². The summed E-state index contributed by atoms with van der Waals surface area (Å²) in [5.74, 6) is 0.856. The van der Waals surface area contributed by atoms with Crippen LogP contribution in [0.2, 0.25) is 10.0 Å². The number of rotatable bonds is 12. The molecule has 0 saturated heterocycles. The third kappa shape index (κ3) is 9.71. The lowest BCUT2D eigenvalue weighted by molar-refractivity contribution is 0.306. The minimum atomic E-state index is 0. The fourth-order valence-corrected chi connectivity index (χ4v) is 3.27. The Morgan fingerprint density at radius 3 is 2.48 bits per heavy atom. The maximum absolute atomic E-state index is 6.19. The van der Waals surface area contributed by atoms with E-state index < -0.39 is 0 Å². The van der Waals surface area contributed by atoms with E-state index in [2.05, 4.69) is 24.4 Å². The first-order valence-corrected chi connectivity index (χ1v) is 10.3. The van der Waals surface area contributed by atoms with E-state index in [0.29, 0.717) is 16.7 Å². The van der Waals surface area contributed by atoms with E-state index in [-0.39, 0.29) is 12.4 Å². The summed E-state index contributed by atoms with van der Waals surface area (Å²) in [7, 11) is 0.